The van der Waals surface area contributed by atoms with Gasteiger partial charge < -0.3 is 10.2 Å². The lowest BCUT2D eigenvalue weighted by Gasteiger charge is -2.72. The van der Waals surface area contributed by atoms with Crippen LogP contribution in [0.1, 0.15) is 51.9 Å². The second kappa shape index (κ2) is 5.42. The zero-order valence-corrected chi connectivity index (χ0v) is 16.0. The van der Waals surface area contributed by atoms with Crippen molar-refractivity contribution in [3.05, 3.63) is 12.2 Å². The molecule has 6 aliphatic rings. The Kier molecular flexibility index (Phi) is 3.63. The number of rotatable bonds is 2. The first kappa shape index (κ1) is 17.4. The maximum Gasteiger partial charge on any atom is 0.142 e. The Morgan fingerprint density at radius 1 is 1.23 bits per heavy atom. The highest BCUT2D eigenvalue weighted by Gasteiger charge is 2.72. The molecule has 4 bridgehead atoms. The quantitative estimate of drug-likeness (QED) is 0.743. The van der Waals surface area contributed by atoms with Crippen LogP contribution in [0.2, 0.25) is 0 Å². The minimum absolute atomic E-state index is 0.134. The van der Waals surface area contributed by atoms with Gasteiger partial charge in [-0.3, -0.25) is 9.69 Å². The summed E-state index contributed by atoms with van der Waals surface area (Å²) in [5.41, 5.74) is 0.971. The minimum atomic E-state index is -0.567. The molecule has 5 saturated carbocycles. The average Bonchev–Trinajstić information content (AvgIpc) is 2.56. The minimum Gasteiger partial charge on any atom is -0.395 e. The summed E-state index contributed by atoms with van der Waals surface area (Å²) in [6.07, 6.45) is 6.27. The van der Waals surface area contributed by atoms with Crippen LogP contribution >= 0.6 is 0 Å². The summed E-state index contributed by atoms with van der Waals surface area (Å²) in [5, 5.41) is 20.9. The average molecular weight is 360 g/mol. The number of hydrogen-bond acceptors (Lipinski definition) is 4. The van der Waals surface area contributed by atoms with E-state index >= 15 is 0 Å². The summed E-state index contributed by atoms with van der Waals surface area (Å²) in [4.78, 5) is 15.7. The van der Waals surface area contributed by atoms with E-state index in [9.17, 15) is 15.0 Å². The van der Waals surface area contributed by atoms with Crippen LogP contribution in [0.5, 0.6) is 0 Å². The largest absolute Gasteiger partial charge is 0.395 e. The van der Waals surface area contributed by atoms with Crippen molar-refractivity contribution < 1.29 is 15.0 Å². The third-order valence-electron chi connectivity index (χ3n) is 9.38. The van der Waals surface area contributed by atoms with Gasteiger partial charge in [-0.15, -0.1) is 0 Å². The first-order valence-electron chi connectivity index (χ1n) is 10.6. The fourth-order valence-electron chi connectivity index (χ4n) is 8.53. The highest BCUT2D eigenvalue weighted by Crippen LogP contribution is 2.72. The van der Waals surface area contributed by atoms with Crippen molar-refractivity contribution >= 4 is 5.78 Å². The Labute approximate surface area is 156 Å². The molecule has 1 spiro atoms. The maximum absolute atomic E-state index is 13.2. The summed E-state index contributed by atoms with van der Waals surface area (Å²) < 4.78 is 0. The predicted molar refractivity (Wildman–Crippen MR) is 99.4 cm³/mol. The van der Waals surface area contributed by atoms with Gasteiger partial charge in [-0.2, -0.15) is 0 Å². The first-order chi connectivity index (χ1) is 12.4. The van der Waals surface area contributed by atoms with E-state index in [4.69, 9.17) is 0 Å². The molecule has 7 atom stereocenters. The van der Waals surface area contributed by atoms with E-state index in [1.165, 1.54) is 24.8 Å². The maximum atomic E-state index is 13.2. The number of Topliss-reactive ketones (excluding diaryl/α,β-unsaturated/α-hetero) is 1. The number of likely N-dealkylation sites (tertiary alicyclic amines) is 1. The molecule has 0 radical (unpaired) electrons. The molecular weight excluding hydrogens is 326 g/mol. The van der Waals surface area contributed by atoms with Gasteiger partial charge >= 0.3 is 0 Å². The molecule has 0 aromatic carbocycles. The second-order valence-corrected chi connectivity index (χ2v) is 10.5. The number of carbonyl (C=O) groups excluding carboxylic acids is 1. The van der Waals surface area contributed by atoms with Gasteiger partial charge in [0.15, 0.2) is 0 Å². The van der Waals surface area contributed by atoms with Crippen molar-refractivity contribution in [1.82, 2.24) is 4.90 Å². The molecule has 1 aliphatic heterocycles. The molecule has 6 fully saturated rings. The molecule has 4 heteroatoms. The van der Waals surface area contributed by atoms with Gasteiger partial charge in [-0.05, 0) is 60.7 Å². The van der Waals surface area contributed by atoms with Crippen molar-refractivity contribution in [3.63, 3.8) is 0 Å². The van der Waals surface area contributed by atoms with Gasteiger partial charge in [0.2, 0.25) is 0 Å². The molecule has 2 N–H and O–H groups in total. The third kappa shape index (κ3) is 1.94. The highest BCUT2D eigenvalue weighted by molar-refractivity contribution is 5.89. The topological polar surface area (TPSA) is 60.8 Å². The zero-order chi connectivity index (χ0) is 18.3. The Morgan fingerprint density at radius 2 is 2.04 bits per heavy atom. The van der Waals surface area contributed by atoms with E-state index < -0.39 is 11.5 Å². The number of fused-ring (bicyclic) bond motifs is 2. The number of β-amino-alcohol motifs (C(OH)–C–C–N with tert-alkyl or cyclic N) is 1. The van der Waals surface area contributed by atoms with Gasteiger partial charge in [0.1, 0.15) is 5.78 Å². The van der Waals surface area contributed by atoms with Crippen LogP contribution in [0, 0.1) is 34.0 Å². The smallest absolute Gasteiger partial charge is 0.142 e. The van der Waals surface area contributed by atoms with Crippen LogP contribution in [0.4, 0.5) is 0 Å². The molecule has 0 unspecified atom stereocenters. The lowest BCUT2D eigenvalue weighted by molar-refractivity contribution is -0.244. The van der Waals surface area contributed by atoms with Gasteiger partial charge in [0.05, 0.1) is 18.1 Å². The summed E-state index contributed by atoms with van der Waals surface area (Å²) in [5.74, 6) is 1.44. The van der Waals surface area contributed by atoms with Gasteiger partial charge in [-0.25, -0.2) is 0 Å². The fourth-order valence-corrected chi connectivity index (χ4v) is 8.53. The molecule has 4 nitrogen and oxygen atoms in total. The van der Waals surface area contributed by atoms with Crippen LogP contribution < -0.4 is 0 Å². The number of carbonyl (C=O) groups is 1. The number of hydrogen-bond donors (Lipinski definition) is 2. The Bertz CT molecular complexity index is 662. The predicted octanol–water partition coefficient (Wildman–Crippen LogP) is 2.39. The van der Waals surface area contributed by atoms with Gasteiger partial charge in [0, 0.05) is 26.1 Å². The van der Waals surface area contributed by atoms with E-state index in [2.05, 4.69) is 18.4 Å². The second-order valence-electron chi connectivity index (χ2n) is 10.5. The first-order valence-corrected chi connectivity index (χ1v) is 10.6. The molecule has 5 aliphatic carbocycles. The molecule has 1 saturated heterocycles. The van der Waals surface area contributed by atoms with Crippen LogP contribution in [0.25, 0.3) is 0 Å². The van der Waals surface area contributed by atoms with E-state index in [0.29, 0.717) is 36.4 Å². The number of ketones is 1. The van der Waals surface area contributed by atoms with Gasteiger partial charge in [0.25, 0.3) is 0 Å². The SMILES string of the molecule is C=C1C[C@]23C(=O)C[C@H]1C[C@H]2[C@]12CCC[C@](C)(CN(CCO)C1)[C@H]2C[C@H]3O. The summed E-state index contributed by atoms with van der Waals surface area (Å²) in [7, 11) is 0. The number of aliphatic hydroxyl groups is 2. The molecule has 26 heavy (non-hydrogen) atoms. The van der Waals surface area contributed by atoms with Crippen molar-refractivity contribution in [2.24, 2.45) is 34.0 Å². The third-order valence-corrected chi connectivity index (χ3v) is 9.38. The van der Waals surface area contributed by atoms with Crippen LogP contribution in [0.15, 0.2) is 12.2 Å². The molecule has 6 rings (SSSR count). The summed E-state index contributed by atoms with van der Waals surface area (Å²) in [6, 6.07) is 0. The van der Waals surface area contributed by atoms with Crippen molar-refractivity contribution in [2.45, 2.75) is 58.0 Å². The lowest BCUT2D eigenvalue weighted by atomic mass is 9.34. The van der Waals surface area contributed by atoms with Gasteiger partial charge in [-0.1, -0.05) is 25.5 Å². The van der Waals surface area contributed by atoms with Crippen molar-refractivity contribution in [1.29, 1.82) is 0 Å². The Balaban J connectivity index is 1.63. The van der Waals surface area contributed by atoms with Crippen molar-refractivity contribution in [2.75, 3.05) is 26.2 Å². The highest BCUT2D eigenvalue weighted by atomic mass is 16.3. The molecule has 1 heterocycles. The monoisotopic (exact) mass is 359 g/mol. The number of aliphatic hydroxyl groups excluding tert-OH is 2. The molecular formula is C22H33NO3. The van der Waals surface area contributed by atoms with E-state index in [-0.39, 0.29) is 17.4 Å². The molecule has 0 aromatic rings. The molecule has 0 amide bonds. The van der Waals surface area contributed by atoms with E-state index in [0.717, 1.165) is 32.5 Å². The standard InChI is InChI=1S/C22H33NO3/c1-14-11-22-17(8-15(14)9-18(22)25)21-5-3-4-20(2,16(21)10-19(22)26)12-23(13-21)6-7-24/h15-17,19,24,26H,1,3-13H2,2H3/t15-,16-,17+,19-,20-,21-,22-/m1/s1. The van der Waals surface area contributed by atoms with E-state index in [1.54, 1.807) is 0 Å². The Hall–Kier alpha value is -0.710. The summed E-state index contributed by atoms with van der Waals surface area (Å²) >= 11 is 0. The number of allylic oxidation sites excluding steroid dienone is 1. The normalized spacial score (nSPS) is 53.3. The van der Waals surface area contributed by atoms with Crippen LogP contribution in [0.3, 0.4) is 0 Å². The van der Waals surface area contributed by atoms with Crippen LogP contribution in [-0.4, -0.2) is 53.2 Å². The molecule has 144 valence electrons. The number of nitrogens with zero attached hydrogens (tertiary/aromatic N) is 1. The molecule has 0 aromatic heterocycles. The number of piperidine rings is 1. The van der Waals surface area contributed by atoms with E-state index in [1.807, 2.05) is 0 Å². The summed E-state index contributed by atoms with van der Waals surface area (Å²) in [6.45, 7) is 9.65. The Morgan fingerprint density at radius 3 is 2.81 bits per heavy atom. The zero-order valence-electron chi connectivity index (χ0n) is 16.0. The lowest BCUT2D eigenvalue weighted by Crippen LogP contribution is -2.73. The fraction of sp³-hybridized carbons (Fsp3) is 0.864. The van der Waals surface area contributed by atoms with Crippen LogP contribution in [-0.2, 0) is 4.79 Å². The van der Waals surface area contributed by atoms with Crippen molar-refractivity contribution in [3.8, 4) is 0 Å².